The fraction of sp³-hybridized carbons (Fsp3) is 0.438. The van der Waals surface area contributed by atoms with Crippen LogP contribution >= 0.6 is 0 Å². The fourth-order valence-corrected chi connectivity index (χ4v) is 2.93. The molecule has 5 nitrogen and oxygen atoms in total. The zero-order valence-electron chi connectivity index (χ0n) is 12.6. The number of carbonyl (C=O) groups is 1. The first-order chi connectivity index (χ1) is 10.4. The summed E-state index contributed by atoms with van der Waals surface area (Å²) in [5.41, 5.74) is 0.772. The summed E-state index contributed by atoms with van der Waals surface area (Å²) in [5.74, 6) is 0.536. The molecule has 1 saturated carbocycles. The number of hydrogen-bond donors (Lipinski definition) is 1. The molecule has 1 aromatic heterocycles. The molecule has 0 saturated heterocycles. The van der Waals surface area contributed by atoms with Crippen LogP contribution in [0, 0.1) is 5.92 Å². The largest absolute Gasteiger partial charge is 0.459 e. The van der Waals surface area contributed by atoms with Gasteiger partial charge in [-0.3, -0.25) is 4.79 Å². The molecule has 1 heterocycles. The first-order valence-corrected chi connectivity index (χ1v) is 9.29. The van der Waals surface area contributed by atoms with E-state index in [0.29, 0.717) is 11.7 Å². The third kappa shape index (κ3) is 3.02. The van der Waals surface area contributed by atoms with E-state index in [9.17, 15) is 13.2 Å². The Bertz CT molecular complexity index is 771. The van der Waals surface area contributed by atoms with E-state index in [1.165, 1.54) is 6.92 Å². The van der Waals surface area contributed by atoms with E-state index in [2.05, 4.69) is 5.32 Å². The number of rotatable bonds is 5. The Morgan fingerprint density at radius 1 is 1.32 bits per heavy atom. The van der Waals surface area contributed by atoms with Gasteiger partial charge in [0.25, 0.3) is 0 Å². The molecule has 1 aromatic carbocycles. The van der Waals surface area contributed by atoms with Crippen LogP contribution in [0.5, 0.6) is 0 Å². The second-order valence-electron chi connectivity index (χ2n) is 5.98. The molecule has 3 rings (SSSR count). The molecule has 1 aliphatic rings. The van der Waals surface area contributed by atoms with Crippen LogP contribution in [-0.2, 0) is 14.6 Å². The maximum Gasteiger partial charge on any atom is 0.238 e. The first-order valence-electron chi connectivity index (χ1n) is 7.34. The number of nitrogens with one attached hydrogen (secondary N) is 1. The van der Waals surface area contributed by atoms with Gasteiger partial charge in [0.15, 0.2) is 9.84 Å². The van der Waals surface area contributed by atoms with Crippen molar-refractivity contribution >= 4 is 26.7 Å². The molecule has 2 aromatic rings. The molecule has 0 unspecified atom stereocenters. The van der Waals surface area contributed by atoms with Gasteiger partial charge in [0.05, 0.1) is 6.04 Å². The highest BCUT2D eigenvalue weighted by Crippen LogP contribution is 2.42. The summed E-state index contributed by atoms with van der Waals surface area (Å²) >= 11 is 0. The third-order valence-corrected chi connectivity index (χ3v) is 5.65. The van der Waals surface area contributed by atoms with Gasteiger partial charge in [-0.25, -0.2) is 8.42 Å². The predicted octanol–water partition coefficient (Wildman–Crippen LogP) is 2.43. The Kier molecular flexibility index (Phi) is 3.72. The van der Waals surface area contributed by atoms with Crippen molar-refractivity contribution in [1.29, 1.82) is 0 Å². The maximum atomic E-state index is 12.2. The van der Waals surface area contributed by atoms with Crippen LogP contribution < -0.4 is 5.32 Å². The normalized spacial score (nSPS) is 18.1. The van der Waals surface area contributed by atoms with Crippen LogP contribution in [-0.4, -0.2) is 25.8 Å². The molecule has 0 radical (unpaired) electrons. The second kappa shape index (κ2) is 5.43. The van der Waals surface area contributed by atoms with Crippen LogP contribution in [0.15, 0.2) is 34.7 Å². The zero-order chi connectivity index (χ0) is 15.9. The van der Waals surface area contributed by atoms with Crippen molar-refractivity contribution in [3.8, 4) is 0 Å². The van der Waals surface area contributed by atoms with Crippen LogP contribution in [0.1, 0.15) is 31.6 Å². The number of fused-ring (bicyclic) bond motifs is 1. The van der Waals surface area contributed by atoms with Crippen molar-refractivity contribution in [2.45, 2.75) is 31.1 Å². The van der Waals surface area contributed by atoms with Gasteiger partial charge in [0, 0.05) is 11.6 Å². The minimum absolute atomic E-state index is 0.260. The highest BCUT2D eigenvalue weighted by Gasteiger charge is 2.37. The molecule has 0 bridgehead atoms. The molecule has 1 aliphatic carbocycles. The molecule has 22 heavy (non-hydrogen) atoms. The SMILES string of the molecule is C[C@@H](C(=O)N[C@@H](c1cc2ccccc2o1)C1CC1)S(C)(=O)=O. The lowest BCUT2D eigenvalue weighted by Gasteiger charge is -2.18. The number of para-hydroxylation sites is 1. The topological polar surface area (TPSA) is 76.4 Å². The average Bonchev–Trinajstić information content (AvgIpc) is 3.20. The average molecular weight is 321 g/mol. The Labute approximate surface area is 129 Å². The standard InChI is InChI=1S/C16H19NO4S/c1-10(22(2,19)20)16(18)17-15(11-7-8-11)14-9-12-5-3-4-6-13(12)21-14/h3-6,9-11,15H,7-8H2,1-2H3,(H,17,18)/t10-,15+/m0/s1. The number of hydrogen-bond acceptors (Lipinski definition) is 4. The highest BCUT2D eigenvalue weighted by atomic mass is 32.2. The molecule has 1 fully saturated rings. The van der Waals surface area contributed by atoms with Gasteiger partial charge >= 0.3 is 0 Å². The van der Waals surface area contributed by atoms with Gasteiger partial charge < -0.3 is 9.73 Å². The van der Waals surface area contributed by atoms with Gasteiger partial charge in [-0.1, -0.05) is 18.2 Å². The lowest BCUT2D eigenvalue weighted by molar-refractivity contribution is -0.121. The monoisotopic (exact) mass is 321 g/mol. The van der Waals surface area contributed by atoms with Gasteiger partial charge in [0.1, 0.15) is 16.6 Å². The van der Waals surface area contributed by atoms with Crippen LogP contribution in [0.25, 0.3) is 11.0 Å². The molecule has 6 heteroatoms. The summed E-state index contributed by atoms with van der Waals surface area (Å²) in [5, 5.41) is 2.77. The zero-order valence-corrected chi connectivity index (χ0v) is 13.4. The lowest BCUT2D eigenvalue weighted by atomic mass is 10.1. The van der Waals surface area contributed by atoms with E-state index in [0.717, 1.165) is 30.1 Å². The van der Waals surface area contributed by atoms with Crippen LogP contribution in [0.2, 0.25) is 0 Å². The van der Waals surface area contributed by atoms with Gasteiger partial charge in [-0.2, -0.15) is 0 Å². The van der Waals surface area contributed by atoms with Crippen molar-refractivity contribution < 1.29 is 17.6 Å². The van der Waals surface area contributed by atoms with E-state index in [4.69, 9.17) is 4.42 Å². The van der Waals surface area contributed by atoms with Crippen LogP contribution in [0.4, 0.5) is 0 Å². The number of benzene rings is 1. The molecule has 1 N–H and O–H groups in total. The fourth-order valence-electron chi connectivity index (χ4n) is 2.47. The molecule has 118 valence electrons. The minimum atomic E-state index is -3.40. The molecule has 1 amide bonds. The minimum Gasteiger partial charge on any atom is -0.459 e. The Morgan fingerprint density at radius 2 is 2.00 bits per heavy atom. The summed E-state index contributed by atoms with van der Waals surface area (Å²) in [6, 6.07) is 9.31. The van der Waals surface area contributed by atoms with E-state index >= 15 is 0 Å². The molecule has 2 atom stereocenters. The third-order valence-electron chi connectivity index (χ3n) is 4.15. The van der Waals surface area contributed by atoms with Gasteiger partial charge in [-0.15, -0.1) is 0 Å². The summed E-state index contributed by atoms with van der Waals surface area (Å²) in [4.78, 5) is 12.2. The molecule has 0 aliphatic heterocycles. The van der Waals surface area contributed by atoms with E-state index in [1.54, 1.807) is 0 Å². The first kappa shape index (κ1) is 15.1. The van der Waals surface area contributed by atoms with E-state index < -0.39 is 21.0 Å². The smallest absolute Gasteiger partial charge is 0.238 e. The number of furan rings is 1. The Balaban J connectivity index is 1.86. The van der Waals surface area contributed by atoms with Crippen molar-refractivity contribution in [2.24, 2.45) is 5.92 Å². The second-order valence-corrected chi connectivity index (χ2v) is 8.35. The van der Waals surface area contributed by atoms with Crippen LogP contribution in [0.3, 0.4) is 0 Å². The summed E-state index contributed by atoms with van der Waals surface area (Å²) in [6.07, 6.45) is 3.09. The van der Waals surface area contributed by atoms with Crippen molar-refractivity contribution in [3.63, 3.8) is 0 Å². The van der Waals surface area contributed by atoms with Crippen molar-refractivity contribution in [2.75, 3.05) is 6.26 Å². The molecular weight excluding hydrogens is 302 g/mol. The van der Waals surface area contributed by atoms with Crippen molar-refractivity contribution in [3.05, 3.63) is 36.1 Å². The number of sulfone groups is 1. The number of amides is 1. The summed E-state index contributed by atoms with van der Waals surface area (Å²) < 4.78 is 28.9. The highest BCUT2D eigenvalue weighted by molar-refractivity contribution is 7.92. The summed E-state index contributed by atoms with van der Waals surface area (Å²) in [6.45, 7) is 1.41. The van der Waals surface area contributed by atoms with Crippen molar-refractivity contribution in [1.82, 2.24) is 5.32 Å². The van der Waals surface area contributed by atoms with E-state index in [1.807, 2.05) is 30.3 Å². The van der Waals surface area contributed by atoms with E-state index in [-0.39, 0.29) is 6.04 Å². The maximum absolute atomic E-state index is 12.2. The number of carbonyl (C=O) groups excluding carboxylic acids is 1. The lowest BCUT2D eigenvalue weighted by Crippen LogP contribution is -2.40. The quantitative estimate of drug-likeness (QED) is 0.917. The molecule has 0 spiro atoms. The summed E-state index contributed by atoms with van der Waals surface area (Å²) in [7, 11) is -3.40. The van der Waals surface area contributed by atoms with Gasteiger partial charge in [0.2, 0.25) is 5.91 Å². The van der Waals surface area contributed by atoms with Gasteiger partial charge in [-0.05, 0) is 37.8 Å². The molecular formula is C16H19NO4S. The Hall–Kier alpha value is -1.82. The predicted molar refractivity (Wildman–Crippen MR) is 84.1 cm³/mol. The Morgan fingerprint density at radius 3 is 2.59 bits per heavy atom.